The molecule has 7 nitrogen and oxygen atoms in total. The van der Waals surface area contributed by atoms with Crippen molar-refractivity contribution in [2.24, 2.45) is 0 Å². The molecule has 0 saturated carbocycles. The molecule has 0 amide bonds. The molecular weight excluding hydrogens is 285 g/mol. The summed E-state index contributed by atoms with van der Waals surface area (Å²) in [6, 6.07) is 0.650. The van der Waals surface area contributed by atoms with Crippen molar-refractivity contribution < 1.29 is 27.8 Å². The molecule has 1 aromatic carbocycles. The van der Waals surface area contributed by atoms with Gasteiger partial charge in [0.2, 0.25) is 5.75 Å². The smallest absolute Gasteiger partial charge is 0.420 e. The van der Waals surface area contributed by atoms with Crippen molar-refractivity contribution in [2.75, 3.05) is 0 Å². The van der Waals surface area contributed by atoms with Crippen molar-refractivity contribution in [3.05, 3.63) is 37.9 Å². The zero-order valence-electron chi connectivity index (χ0n) is 10.3. The van der Waals surface area contributed by atoms with Crippen LogP contribution >= 0.6 is 0 Å². The van der Waals surface area contributed by atoms with Crippen molar-refractivity contribution in [3.8, 4) is 5.75 Å². The van der Waals surface area contributed by atoms with Gasteiger partial charge in [-0.2, -0.15) is 13.2 Å². The highest BCUT2D eigenvalue weighted by atomic mass is 19.4. The van der Waals surface area contributed by atoms with Crippen LogP contribution in [0.3, 0.4) is 0 Å². The van der Waals surface area contributed by atoms with Crippen molar-refractivity contribution in [3.63, 3.8) is 0 Å². The highest BCUT2D eigenvalue weighted by molar-refractivity contribution is 5.59. The Labute approximate surface area is 110 Å². The molecule has 0 aliphatic heterocycles. The van der Waals surface area contributed by atoms with Crippen LogP contribution in [-0.2, 0) is 6.18 Å². The fraction of sp³-hybridized carbons (Fsp3) is 0.400. The second-order valence-corrected chi connectivity index (χ2v) is 4.02. The summed E-state index contributed by atoms with van der Waals surface area (Å²) in [5.41, 5.74) is -3.67. The number of non-ortho nitro benzene ring substituents is 1. The maximum absolute atomic E-state index is 12.9. The Bertz CT molecular complexity index is 557. The quantitative estimate of drug-likeness (QED) is 0.627. The lowest BCUT2D eigenvalue weighted by molar-refractivity contribution is -0.395. The van der Waals surface area contributed by atoms with E-state index in [1.165, 1.54) is 13.8 Å². The topological polar surface area (TPSA) is 95.5 Å². The Morgan fingerprint density at radius 3 is 2.05 bits per heavy atom. The predicted molar refractivity (Wildman–Crippen MR) is 60.5 cm³/mol. The van der Waals surface area contributed by atoms with Gasteiger partial charge in [0.15, 0.2) is 0 Å². The zero-order valence-corrected chi connectivity index (χ0v) is 10.3. The third kappa shape index (κ3) is 3.33. The van der Waals surface area contributed by atoms with E-state index in [0.717, 1.165) is 0 Å². The van der Waals surface area contributed by atoms with Crippen LogP contribution in [0.5, 0.6) is 5.75 Å². The summed E-state index contributed by atoms with van der Waals surface area (Å²) in [5, 5.41) is 21.4. The molecule has 1 aromatic rings. The van der Waals surface area contributed by atoms with Crippen molar-refractivity contribution in [2.45, 2.75) is 26.1 Å². The zero-order chi connectivity index (χ0) is 15.7. The molecule has 0 fully saturated rings. The van der Waals surface area contributed by atoms with Gasteiger partial charge >= 0.3 is 11.9 Å². The van der Waals surface area contributed by atoms with Gasteiger partial charge in [0.1, 0.15) is 5.56 Å². The molecule has 110 valence electrons. The SMILES string of the molecule is CC(C)Oc1c([N+](=O)[O-])cc([N+](=O)[O-])cc1C(F)(F)F. The van der Waals surface area contributed by atoms with Gasteiger partial charge < -0.3 is 4.74 Å². The molecule has 0 N–H and O–H groups in total. The number of nitro benzene ring substituents is 2. The molecule has 0 spiro atoms. The lowest BCUT2D eigenvalue weighted by Crippen LogP contribution is -2.15. The highest BCUT2D eigenvalue weighted by Crippen LogP contribution is 2.44. The van der Waals surface area contributed by atoms with Gasteiger partial charge in [0, 0.05) is 6.07 Å². The third-order valence-corrected chi connectivity index (χ3v) is 2.12. The standard InChI is InChI=1S/C10H9F3N2O5/c1-5(2)20-9-7(10(11,12)13)3-6(14(16)17)4-8(9)15(18)19/h3-5H,1-2H3. The van der Waals surface area contributed by atoms with Crippen LogP contribution in [-0.4, -0.2) is 16.0 Å². The number of nitro groups is 2. The Hall–Kier alpha value is -2.39. The number of hydrogen-bond donors (Lipinski definition) is 0. The van der Waals surface area contributed by atoms with Crippen LogP contribution in [0.4, 0.5) is 24.5 Å². The molecule has 0 aromatic heterocycles. The maximum Gasteiger partial charge on any atom is 0.420 e. The molecule has 0 radical (unpaired) electrons. The van der Waals surface area contributed by atoms with Crippen LogP contribution in [0.2, 0.25) is 0 Å². The van der Waals surface area contributed by atoms with Gasteiger partial charge in [-0.15, -0.1) is 0 Å². The van der Waals surface area contributed by atoms with Gasteiger partial charge in [0.05, 0.1) is 22.0 Å². The van der Waals surface area contributed by atoms with Gasteiger partial charge in [-0.05, 0) is 13.8 Å². The number of ether oxygens (including phenoxy) is 1. The minimum absolute atomic E-state index is 0.213. The summed E-state index contributed by atoms with van der Waals surface area (Å²) >= 11 is 0. The largest absolute Gasteiger partial charge is 0.484 e. The second kappa shape index (κ2) is 5.31. The first-order valence-corrected chi connectivity index (χ1v) is 5.24. The van der Waals surface area contributed by atoms with Gasteiger partial charge in [-0.1, -0.05) is 0 Å². The van der Waals surface area contributed by atoms with Gasteiger partial charge in [-0.25, -0.2) is 0 Å². The number of benzene rings is 1. The number of halogens is 3. The van der Waals surface area contributed by atoms with Gasteiger partial charge in [-0.3, -0.25) is 20.2 Å². The highest BCUT2D eigenvalue weighted by Gasteiger charge is 2.41. The number of hydrogen-bond acceptors (Lipinski definition) is 5. The van der Waals surface area contributed by atoms with Crippen LogP contribution in [0.1, 0.15) is 19.4 Å². The lowest BCUT2D eigenvalue weighted by Gasteiger charge is -2.15. The third-order valence-electron chi connectivity index (χ3n) is 2.12. The molecule has 0 bridgehead atoms. The Balaban J connectivity index is 3.67. The Kier molecular flexibility index (Phi) is 4.16. The molecule has 0 heterocycles. The molecule has 1 rings (SSSR count). The fourth-order valence-corrected chi connectivity index (χ4v) is 1.41. The lowest BCUT2D eigenvalue weighted by atomic mass is 10.1. The molecule has 20 heavy (non-hydrogen) atoms. The summed E-state index contributed by atoms with van der Waals surface area (Å²) in [5.74, 6) is -1.02. The molecule has 0 unspecified atom stereocenters. The van der Waals surface area contributed by atoms with Gasteiger partial charge in [0.25, 0.3) is 5.69 Å². The molecule has 10 heteroatoms. The summed E-state index contributed by atoms with van der Waals surface area (Å²) in [4.78, 5) is 19.1. The monoisotopic (exact) mass is 294 g/mol. The molecule has 0 saturated heterocycles. The van der Waals surface area contributed by atoms with E-state index >= 15 is 0 Å². The first-order chi connectivity index (χ1) is 9.04. The summed E-state index contributed by atoms with van der Waals surface area (Å²) in [6.45, 7) is 2.76. The van der Waals surface area contributed by atoms with E-state index in [0.29, 0.717) is 6.07 Å². The van der Waals surface area contributed by atoms with E-state index in [1.807, 2.05) is 0 Å². The summed E-state index contributed by atoms with van der Waals surface area (Å²) in [7, 11) is 0. The minimum atomic E-state index is -5.01. The van der Waals surface area contributed by atoms with Crippen molar-refractivity contribution >= 4 is 11.4 Å². The van der Waals surface area contributed by atoms with E-state index in [9.17, 15) is 33.4 Å². The average molecular weight is 294 g/mol. The van der Waals surface area contributed by atoms with Crippen LogP contribution in [0.15, 0.2) is 12.1 Å². The fourth-order valence-electron chi connectivity index (χ4n) is 1.41. The summed E-state index contributed by atoms with van der Waals surface area (Å²) < 4.78 is 43.4. The maximum atomic E-state index is 12.9. The predicted octanol–water partition coefficient (Wildman–Crippen LogP) is 3.31. The van der Waals surface area contributed by atoms with E-state index in [-0.39, 0.29) is 6.07 Å². The molecule has 0 atom stereocenters. The first-order valence-electron chi connectivity index (χ1n) is 5.24. The first kappa shape index (κ1) is 15.7. The van der Waals surface area contributed by atoms with Crippen molar-refractivity contribution in [1.29, 1.82) is 0 Å². The second-order valence-electron chi connectivity index (χ2n) is 4.02. The summed E-state index contributed by atoms with van der Waals surface area (Å²) in [6.07, 6.45) is -5.78. The average Bonchev–Trinajstić information content (AvgIpc) is 2.25. The Morgan fingerprint density at radius 2 is 1.70 bits per heavy atom. The van der Waals surface area contributed by atoms with E-state index in [4.69, 9.17) is 4.74 Å². The van der Waals surface area contributed by atoms with Crippen LogP contribution < -0.4 is 4.74 Å². The number of nitrogens with zero attached hydrogens (tertiary/aromatic N) is 2. The molecular formula is C10H9F3N2O5. The minimum Gasteiger partial charge on any atom is -0.484 e. The van der Waals surface area contributed by atoms with E-state index in [1.54, 1.807) is 0 Å². The number of alkyl halides is 3. The van der Waals surface area contributed by atoms with E-state index in [2.05, 4.69) is 0 Å². The number of rotatable bonds is 4. The van der Waals surface area contributed by atoms with Crippen LogP contribution in [0, 0.1) is 20.2 Å². The molecule has 0 aliphatic carbocycles. The van der Waals surface area contributed by atoms with Crippen LogP contribution in [0.25, 0.3) is 0 Å². The normalized spacial score (nSPS) is 11.5. The Morgan fingerprint density at radius 1 is 1.15 bits per heavy atom. The van der Waals surface area contributed by atoms with Crippen molar-refractivity contribution in [1.82, 2.24) is 0 Å². The molecule has 0 aliphatic rings. The van der Waals surface area contributed by atoms with E-state index < -0.39 is 44.8 Å².